The van der Waals surface area contributed by atoms with Crippen molar-refractivity contribution in [2.45, 2.75) is 12.5 Å². The molecule has 0 saturated carbocycles. The third-order valence-corrected chi connectivity index (χ3v) is 2.12. The smallest absolute Gasteiger partial charge is 0.0988 e. The van der Waals surface area contributed by atoms with Gasteiger partial charge in [-0.1, -0.05) is 0 Å². The molecule has 0 radical (unpaired) electrons. The molecule has 11 heavy (non-hydrogen) atoms. The Bertz CT molecular complexity index is 128. The molecule has 4 heteroatoms. The quantitative estimate of drug-likeness (QED) is 0.615. The van der Waals surface area contributed by atoms with Crippen LogP contribution in [-0.4, -0.2) is 37.6 Å². The van der Waals surface area contributed by atoms with Crippen molar-refractivity contribution in [2.24, 2.45) is 5.41 Å². The molecule has 0 bridgehead atoms. The number of nitrogens with one attached hydrogen (secondary N) is 1. The normalized spacial score (nSPS) is 30.3. The van der Waals surface area contributed by atoms with Crippen LogP contribution in [0.15, 0.2) is 0 Å². The summed E-state index contributed by atoms with van der Waals surface area (Å²) >= 11 is 0. The number of piperidine rings is 1. The van der Waals surface area contributed by atoms with Crippen LogP contribution in [0.2, 0.25) is 0 Å². The number of β-amino-alcohol motifs (C(OH)–C–C–N with tert-alkyl or cyclic N) is 1. The van der Waals surface area contributed by atoms with E-state index in [1.807, 2.05) is 0 Å². The van der Waals surface area contributed by atoms with Crippen LogP contribution >= 0.6 is 0 Å². The van der Waals surface area contributed by atoms with E-state index in [4.69, 9.17) is 5.11 Å². The first-order valence-corrected chi connectivity index (χ1v) is 3.73. The topological polar surface area (TPSA) is 32.3 Å². The Hall–Kier alpha value is -0.220. The van der Waals surface area contributed by atoms with Gasteiger partial charge in [0.05, 0.1) is 19.5 Å². The van der Waals surface area contributed by atoms with E-state index < -0.39 is 24.9 Å². The second-order valence-corrected chi connectivity index (χ2v) is 3.26. The van der Waals surface area contributed by atoms with Gasteiger partial charge in [0, 0.05) is 18.5 Å². The van der Waals surface area contributed by atoms with Gasteiger partial charge in [0.25, 0.3) is 0 Å². The summed E-state index contributed by atoms with van der Waals surface area (Å²) in [5.41, 5.74) is -0.961. The van der Waals surface area contributed by atoms with Crippen molar-refractivity contribution < 1.29 is 13.9 Å². The molecule has 2 N–H and O–H groups in total. The number of hydrogen-bond acceptors (Lipinski definition) is 2. The maximum atomic E-state index is 12.3. The Balaban J connectivity index is 2.52. The van der Waals surface area contributed by atoms with E-state index in [-0.39, 0.29) is 6.42 Å². The van der Waals surface area contributed by atoms with Gasteiger partial charge in [-0.2, -0.15) is 0 Å². The summed E-state index contributed by atoms with van der Waals surface area (Å²) in [7, 11) is 0. The molecule has 0 aromatic carbocycles. The molecule has 2 nitrogen and oxygen atoms in total. The van der Waals surface area contributed by atoms with Gasteiger partial charge in [-0.3, -0.25) is 8.78 Å². The molecule has 1 heterocycles. The SMILES string of the molecule is OC1CNCC(CF)(CF)C1. The summed E-state index contributed by atoms with van der Waals surface area (Å²) in [6.07, 6.45) is -0.372. The highest BCUT2D eigenvalue weighted by Gasteiger charge is 2.36. The van der Waals surface area contributed by atoms with Crippen LogP contribution in [0.3, 0.4) is 0 Å². The minimum Gasteiger partial charge on any atom is -0.392 e. The summed E-state index contributed by atoms with van der Waals surface area (Å²) in [6, 6.07) is 0. The van der Waals surface area contributed by atoms with E-state index in [1.165, 1.54) is 0 Å². The van der Waals surface area contributed by atoms with Crippen LogP contribution in [0.5, 0.6) is 0 Å². The van der Waals surface area contributed by atoms with Crippen molar-refractivity contribution in [2.75, 3.05) is 26.4 Å². The average molecular weight is 165 g/mol. The second-order valence-electron chi connectivity index (χ2n) is 3.26. The van der Waals surface area contributed by atoms with Gasteiger partial charge in [-0.25, -0.2) is 0 Å². The van der Waals surface area contributed by atoms with E-state index in [2.05, 4.69) is 5.32 Å². The van der Waals surface area contributed by atoms with Gasteiger partial charge in [-0.15, -0.1) is 0 Å². The van der Waals surface area contributed by atoms with Gasteiger partial charge < -0.3 is 10.4 Å². The molecule has 0 spiro atoms. The first-order valence-electron chi connectivity index (χ1n) is 3.73. The van der Waals surface area contributed by atoms with Crippen molar-refractivity contribution in [3.05, 3.63) is 0 Å². The fourth-order valence-corrected chi connectivity index (χ4v) is 1.39. The number of aliphatic hydroxyl groups excluding tert-OH is 1. The molecule has 1 atom stereocenters. The van der Waals surface area contributed by atoms with Crippen molar-refractivity contribution >= 4 is 0 Å². The molecule has 0 aromatic rings. The third-order valence-electron chi connectivity index (χ3n) is 2.12. The van der Waals surface area contributed by atoms with Crippen molar-refractivity contribution in [3.63, 3.8) is 0 Å². The average Bonchev–Trinajstić information content (AvgIpc) is 2.04. The van der Waals surface area contributed by atoms with E-state index in [0.29, 0.717) is 13.1 Å². The lowest BCUT2D eigenvalue weighted by molar-refractivity contribution is 0.0285. The minimum atomic E-state index is -0.961. The first kappa shape index (κ1) is 8.87. The van der Waals surface area contributed by atoms with Crippen LogP contribution in [-0.2, 0) is 0 Å². The molecule has 0 amide bonds. The monoisotopic (exact) mass is 165 g/mol. The largest absolute Gasteiger partial charge is 0.392 e. The van der Waals surface area contributed by atoms with Crippen LogP contribution in [0, 0.1) is 5.41 Å². The lowest BCUT2D eigenvalue weighted by atomic mass is 9.82. The number of hydrogen-bond donors (Lipinski definition) is 2. The molecule has 0 aromatic heterocycles. The minimum absolute atomic E-state index is 0.229. The Labute approximate surface area is 64.6 Å². The van der Waals surface area contributed by atoms with Gasteiger partial charge >= 0.3 is 0 Å². The summed E-state index contributed by atoms with van der Waals surface area (Å²) in [5.74, 6) is 0. The number of rotatable bonds is 2. The van der Waals surface area contributed by atoms with Crippen molar-refractivity contribution in [1.82, 2.24) is 5.32 Å². The highest BCUT2D eigenvalue weighted by Crippen LogP contribution is 2.27. The highest BCUT2D eigenvalue weighted by molar-refractivity contribution is 4.88. The maximum Gasteiger partial charge on any atom is 0.0988 e. The lowest BCUT2D eigenvalue weighted by Crippen LogP contribution is -2.49. The van der Waals surface area contributed by atoms with Gasteiger partial charge in [0.2, 0.25) is 0 Å². The Morgan fingerprint density at radius 2 is 2.09 bits per heavy atom. The highest BCUT2D eigenvalue weighted by atomic mass is 19.1. The first-order chi connectivity index (χ1) is 5.22. The van der Waals surface area contributed by atoms with Gasteiger partial charge in [0.1, 0.15) is 0 Å². The van der Waals surface area contributed by atoms with E-state index >= 15 is 0 Å². The zero-order valence-corrected chi connectivity index (χ0v) is 6.32. The zero-order chi connectivity index (χ0) is 8.32. The number of alkyl halides is 2. The fraction of sp³-hybridized carbons (Fsp3) is 1.00. The molecule has 1 aliphatic rings. The predicted octanol–water partition coefficient (Wildman–Crippen LogP) is 0.266. The predicted molar refractivity (Wildman–Crippen MR) is 37.9 cm³/mol. The Kier molecular flexibility index (Phi) is 2.78. The maximum absolute atomic E-state index is 12.3. The summed E-state index contributed by atoms with van der Waals surface area (Å²) in [4.78, 5) is 0. The molecular formula is C7H13F2NO. The molecule has 1 rings (SSSR count). The number of aliphatic hydroxyl groups is 1. The molecule has 0 aliphatic carbocycles. The standard InChI is InChI=1S/C7H13F2NO/c8-3-7(4-9)1-6(11)2-10-5-7/h6,10-11H,1-5H2. The molecule has 1 saturated heterocycles. The van der Waals surface area contributed by atoms with E-state index in [9.17, 15) is 8.78 Å². The molecule has 1 fully saturated rings. The summed E-state index contributed by atoms with van der Waals surface area (Å²) < 4.78 is 24.6. The second kappa shape index (κ2) is 3.45. The van der Waals surface area contributed by atoms with Gasteiger partial charge in [-0.05, 0) is 6.42 Å². The van der Waals surface area contributed by atoms with E-state index in [0.717, 1.165) is 0 Å². The van der Waals surface area contributed by atoms with Crippen LogP contribution in [0.25, 0.3) is 0 Å². The number of halogens is 2. The zero-order valence-electron chi connectivity index (χ0n) is 6.32. The van der Waals surface area contributed by atoms with E-state index in [1.54, 1.807) is 0 Å². The lowest BCUT2D eigenvalue weighted by Gasteiger charge is -2.35. The van der Waals surface area contributed by atoms with Crippen molar-refractivity contribution in [1.29, 1.82) is 0 Å². The fourth-order valence-electron chi connectivity index (χ4n) is 1.39. The van der Waals surface area contributed by atoms with Crippen molar-refractivity contribution in [3.8, 4) is 0 Å². The third kappa shape index (κ3) is 1.87. The Morgan fingerprint density at radius 1 is 1.45 bits per heavy atom. The van der Waals surface area contributed by atoms with Crippen LogP contribution in [0.4, 0.5) is 8.78 Å². The molecule has 1 unspecified atom stereocenters. The van der Waals surface area contributed by atoms with Crippen LogP contribution < -0.4 is 5.32 Å². The summed E-state index contributed by atoms with van der Waals surface area (Å²) in [6.45, 7) is -0.625. The van der Waals surface area contributed by atoms with Crippen LogP contribution in [0.1, 0.15) is 6.42 Å². The molecular weight excluding hydrogens is 152 g/mol. The van der Waals surface area contributed by atoms with Gasteiger partial charge in [0.15, 0.2) is 0 Å². The molecule has 1 aliphatic heterocycles. The summed E-state index contributed by atoms with van der Waals surface area (Å²) in [5, 5.41) is 11.9. The Morgan fingerprint density at radius 3 is 2.45 bits per heavy atom. The molecule has 66 valence electrons.